The molecule has 0 aliphatic heterocycles. The number of carbonyl (C=O) groups excluding carboxylic acids is 1. The van der Waals surface area contributed by atoms with Crippen LogP contribution in [0.3, 0.4) is 0 Å². The number of nitrogens with zero attached hydrogens (tertiary/aromatic N) is 1. The van der Waals surface area contributed by atoms with Gasteiger partial charge in [0.05, 0.1) is 5.69 Å². The number of nitrogen functional groups attached to an aromatic ring is 1. The van der Waals surface area contributed by atoms with Crippen LogP contribution in [0.2, 0.25) is 0 Å². The lowest BCUT2D eigenvalue weighted by Gasteiger charge is -2.14. The Hall–Kier alpha value is -2.01. The summed E-state index contributed by atoms with van der Waals surface area (Å²) in [4.78, 5) is 13.5. The lowest BCUT2D eigenvalue weighted by Crippen LogP contribution is -2.21. The van der Waals surface area contributed by atoms with Crippen molar-refractivity contribution >= 4 is 27.5 Å². The third kappa shape index (κ3) is 3.55. The van der Waals surface area contributed by atoms with Crippen LogP contribution in [0.15, 0.2) is 40.9 Å². The Morgan fingerprint density at radius 2 is 1.86 bits per heavy atom. The Labute approximate surface area is 132 Å². The molecule has 2 rings (SSSR count). The molecule has 0 unspecified atom stereocenters. The zero-order valence-corrected chi connectivity index (χ0v) is 13.8. The topological polar surface area (TPSA) is 55.6 Å². The number of aryl methyl sites for hydroxylation is 1. The molecule has 1 amide bonds. The van der Waals surface area contributed by atoms with Crippen LogP contribution in [0.1, 0.15) is 15.9 Å². The lowest BCUT2D eigenvalue weighted by molar-refractivity contribution is 0.0827. The number of amides is 1. The highest BCUT2D eigenvalue weighted by Gasteiger charge is 2.12. The first-order chi connectivity index (χ1) is 9.88. The van der Waals surface area contributed by atoms with Crippen LogP contribution in [0.4, 0.5) is 5.69 Å². The molecule has 0 saturated carbocycles. The van der Waals surface area contributed by atoms with Gasteiger partial charge in [0.15, 0.2) is 5.75 Å². The van der Waals surface area contributed by atoms with E-state index in [0.29, 0.717) is 22.7 Å². The number of benzene rings is 2. The molecule has 0 aromatic heterocycles. The number of rotatable bonds is 3. The summed E-state index contributed by atoms with van der Waals surface area (Å²) in [6.07, 6.45) is 0. The molecule has 2 aromatic carbocycles. The van der Waals surface area contributed by atoms with Crippen molar-refractivity contribution < 1.29 is 9.53 Å². The van der Waals surface area contributed by atoms with Crippen LogP contribution in [-0.2, 0) is 0 Å². The fourth-order valence-electron chi connectivity index (χ4n) is 1.86. The van der Waals surface area contributed by atoms with Gasteiger partial charge in [0.25, 0.3) is 5.91 Å². The van der Waals surface area contributed by atoms with Crippen molar-refractivity contribution in [2.45, 2.75) is 6.92 Å². The average molecular weight is 349 g/mol. The van der Waals surface area contributed by atoms with E-state index in [1.165, 1.54) is 4.90 Å². The SMILES string of the molecule is Cc1cc(Br)ccc1Oc1cc(C(=O)N(C)C)ccc1N. The molecule has 0 saturated heterocycles. The summed E-state index contributed by atoms with van der Waals surface area (Å²) in [6.45, 7) is 1.95. The molecule has 2 N–H and O–H groups in total. The van der Waals surface area contributed by atoms with E-state index in [9.17, 15) is 4.79 Å². The van der Waals surface area contributed by atoms with Gasteiger partial charge in [0.1, 0.15) is 5.75 Å². The molecule has 0 bridgehead atoms. The van der Waals surface area contributed by atoms with Crippen molar-refractivity contribution in [2.24, 2.45) is 0 Å². The van der Waals surface area contributed by atoms with E-state index in [2.05, 4.69) is 15.9 Å². The molecular formula is C16H17BrN2O2. The second kappa shape index (κ2) is 6.18. The first kappa shape index (κ1) is 15.4. The number of hydrogen-bond donors (Lipinski definition) is 1. The Bertz CT molecular complexity index is 684. The summed E-state index contributed by atoms with van der Waals surface area (Å²) >= 11 is 3.41. The van der Waals surface area contributed by atoms with E-state index >= 15 is 0 Å². The second-order valence-corrected chi connectivity index (χ2v) is 5.88. The second-order valence-electron chi connectivity index (χ2n) is 4.96. The molecule has 2 aromatic rings. The van der Waals surface area contributed by atoms with Gasteiger partial charge in [-0.2, -0.15) is 0 Å². The largest absolute Gasteiger partial charge is 0.455 e. The Morgan fingerprint density at radius 1 is 1.14 bits per heavy atom. The standard InChI is InChI=1S/C16H17BrN2O2/c1-10-8-12(17)5-7-14(10)21-15-9-11(4-6-13(15)18)16(20)19(2)3/h4-9H,18H2,1-3H3. The van der Waals surface area contributed by atoms with Crippen LogP contribution in [0.25, 0.3) is 0 Å². The van der Waals surface area contributed by atoms with Crippen LogP contribution in [0, 0.1) is 6.92 Å². The van der Waals surface area contributed by atoms with Gasteiger partial charge in [-0.05, 0) is 48.9 Å². The zero-order valence-electron chi connectivity index (χ0n) is 12.2. The quantitative estimate of drug-likeness (QED) is 0.857. The number of anilines is 1. The van der Waals surface area contributed by atoms with E-state index in [1.807, 2.05) is 25.1 Å². The van der Waals surface area contributed by atoms with E-state index in [0.717, 1.165) is 10.0 Å². The maximum Gasteiger partial charge on any atom is 0.253 e. The third-order valence-corrected chi connectivity index (χ3v) is 3.52. The van der Waals surface area contributed by atoms with Crippen molar-refractivity contribution in [3.8, 4) is 11.5 Å². The molecule has 0 spiro atoms. The van der Waals surface area contributed by atoms with Gasteiger partial charge in [-0.1, -0.05) is 15.9 Å². The lowest BCUT2D eigenvalue weighted by atomic mass is 10.1. The van der Waals surface area contributed by atoms with Gasteiger partial charge in [0.2, 0.25) is 0 Å². The highest BCUT2D eigenvalue weighted by Crippen LogP contribution is 2.31. The third-order valence-electron chi connectivity index (χ3n) is 3.02. The molecule has 0 aliphatic rings. The fraction of sp³-hybridized carbons (Fsp3) is 0.188. The summed E-state index contributed by atoms with van der Waals surface area (Å²) in [5, 5.41) is 0. The Morgan fingerprint density at radius 3 is 2.48 bits per heavy atom. The monoisotopic (exact) mass is 348 g/mol. The molecule has 21 heavy (non-hydrogen) atoms. The smallest absolute Gasteiger partial charge is 0.253 e. The maximum absolute atomic E-state index is 12.0. The van der Waals surface area contributed by atoms with Crippen LogP contribution in [-0.4, -0.2) is 24.9 Å². The van der Waals surface area contributed by atoms with Crippen LogP contribution < -0.4 is 10.5 Å². The van der Waals surface area contributed by atoms with E-state index in [1.54, 1.807) is 32.3 Å². The predicted molar refractivity (Wildman–Crippen MR) is 87.8 cm³/mol. The minimum atomic E-state index is -0.0904. The van der Waals surface area contributed by atoms with Crippen molar-refractivity contribution in [3.05, 3.63) is 52.0 Å². The molecule has 5 heteroatoms. The summed E-state index contributed by atoms with van der Waals surface area (Å²) in [6, 6.07) is 10.8. The fourth-order valence-corrected chi connectivity index (χ4v) is 2.34. The number of halogens is 1. The number of carbonyl (C=O) groups is 1. The van der Waals surface area contributed by atoms with E-state index in [-0.39, 0.29) is 5.91 Å². The minimum Gasteiger partial charge on any atom is -0.455 e. The van der Waals surface area contributed by atoms with Gasteiger partial charge in [-0.15, -0.1) is 0 Å². The van der Waals surface area contributed by atoms with Crippen LogP contribution >= 0.6 is 15.9 Å². The van der Waals surface area contributed by atoms with E-state index < -0.39 is 0 Å². The normalized spacial score (nSPS) is 10.3. The summed E-state index contributed by atoms with van der Waals surface area (Å²) in [5.41, 5.74) is 7.95. The average Bonchev–Trinajstić information content (AvgIpc) is 2.43. The minimum absolute atomic E-state index is 0.0904. The summed E-state index contributed by atoms with van der Waals surface area (Å²) in [7, 11) is 3.41. The zero-order chi connectivity index (χ0) is 15.6. The Balaban J connectivity index is 2.35. The molecular weight excluding hydrogens is 332 g/mol. The molecule has 0 atom stereocenters. The van der Waals surface area contributed by atoms with Crippen molar-refractivity contribution in [1.82, 2.24) is 4.90 Å². The van der Waals surface area contributed by atoms with Gasteiger partial charge in [-0.25, -0.2) is 0 Å². The van der Waals surface area contributed by atoms with Gasteiger partial charge < -0.3 is 15.4 Å². The number of nitrogens with two attached hydrogens (primary N) is 1. The van der Waals surface area contributed by atoms with Gasteiger partial charge in [0, 0.05) is 24.1 Å². The summed E-state index contributed by atoms with van der Waals surface area (Å²) < 4.78 is 6.83. The summed E-state index contributed by atoms with van der Waals surface area (Å²) in [5.74, 6) is 1.10. The van der Waals surface area contributed by atoms with Gasteiger partial charge >= 0.3 is 0 Å². The molecule has 4 nitrogen and oxygen atoms in total. The molecule has 0 heterocycles. The first-order valence-electron chi connectivity index (χ1n) is 6.43. The molecule has 0 radical (unpaired) electrons. The highest BCUT2D eigenvalue weighted by molar-refractivity contribution is 9.10. The Kier molecular flexibility index (Phi) is 4.53. The maximum atomic E-state index is 12.0. The highest BCUT2D eigenvalue weighted by atomic mass is 79.9. The van der Waals surface area contributed by atoms with Crippen LogP contribution in [0.5, 0.6) is 11.5 Å². The number of hydrogen-bond acceptors (Lipinski definition) is 3. The first-order valence-corrected chi connectivity index (χ1v) is 7.23. The molecule has 0 fully saturated rings. The molecule has 0 aliphatic carbocycles. The number of ether oxygens (including phenoxy) is 1. The molecule has 110 valence electrons. The van der Waals surface area contributed by atoms with Gasteiger partial charge in [-0.3, -0.25) is 4.79 Å². The van der Waals surface area contributed by atoms with Crippen molar-refractivity contribution in [3.63, 3.8) is 0 Å². The van der Waals surface area contributed by atoms with E-state index in [4.69, 9.17) is 10.5 Å². The van der Waals surface area contributed by atoms with Crippen molar-refractivity contribution in [2.75, 3.05) is 19.8 Å². The predicted octanol–water partition coefficient (Wildman–Crippen LogP) is 3.83. The van der Waals surface area contributed by atoms with Crippen molar-refractivity contribution in [1.29, 1.82) is 0 Å².